The predicted octanol–water partition coefficient (Wildman–Crippen LogP) is 1.78. The van der Waals surface area contributed by atoms with E-state index in [0.29, 0.717) is 0 Å². The Labute approximate surface area is 118 Å². The molecule has 20 heavy (non-hydrogen) atoms. The van der Waals surface area contributed by atoms with Crippen molar-refractivity contribution in [2.45, 2.75) is 46.1 Å². The molecular weight excluding hydrogens is 264 g/mol. The van der Waals surface area contributed by atoms with Crippen molar-refractivity contribution in [1.29, 1.82) is 0 Å². The third-order valence-corrected chi connectivity index (χ3v) is 2.10. The summed E-state index contributed by atoms with van der Waals surface area (Å²) in [5, 5.41) is 24.1. The minimum absolute atomic E-state index is 0.755. The van der Waals surface area contributed by atoms with Crippen molar-refractivity contribution in [3.8, 4) is 0 Å². The SMILES string of the molecule is CC(C)=CCC/C(C)=C/C=O.O=C(O)CC(O)C(=O)O. The zero-order chi connectivity index (χ0) is 16.1. The van der Waals surface area contributed by atoms with E-state index in [1.54, 1.807) is 6.08 Å². The lowest BCUT2D eigenvalue weighted by molar-refractivity contribution is -0.152. The number of aliphatic hydroxyl groups is 1. The second kappa shape index (κ2) is 12.1. The smallest absolute Gasteiger partial charge is 0.333 e. The van der Waals surface area contributed by atoms with Crippen LogP contribution in [0.1, 0.15) is 40.0 Å². The summed E-state index contributed by atoms with van der Waals surface area (Å²) in [6, 6.07) is 0. The quantitative estimate of drug-likeness (QED) is 0.373. The van der Waals surface area contributed by atoms with Crippen LogP contribution in [0.15, 0.2) is 23.3 Å². The van der Waals surface area contributed by atoms with Crippen molar-refractivity contribution in [2.24, 2.45) is 0 Å². The van der Waals surface area contributed by atoms with Gasteiger partial charge < -0.3 is 15.3 Å². The Balaban J connectivity index is 0. The van der Waals surface area contributed by atoms with Gasteiger partial charge in [-0.05, 0) is 39.7 Å². The number of aldehydes is 1. The number of aliphatic carboxylic acids is 2. The molecule has 0 heterocycles. The zero-order valence-electron chi connectivity index (χ0n) is 12.0. The van der Waals surface area contributed by atoms with Gasteiger partial charge in [0.15, 0.2) is 6.10 Å². The molecule has 0 aliphatic carbocycles. The number of allylic oxidation sites excluding steroid dienone is 4. The van der Waals surface area contributed by atoms with Crippen LogP contribution >= 0.6 is 0 Å². The standard InChI is InChI=1S/C10H16O.C4H6O5/c1-9(2)5-4-6-10(3)7-8-11;5-2(4(8)9)1-3(6)7/h5,7-8H,4,6H2,1-3H3;2,5H,1H2,(H,6,7)(H,8,9)/b10-7+;. The van der Waals surface area contributed by atoms with Gasteiger partial charge in [0, 0.05) is 0 Å². The van der Waals surface area contributed by atoms with Crippen molar-refractivity contribution in [2.75, 3.05) is 0 Å². The Bertz CT molecular complexity index is 377. The molecule has 114 valence electrons. The van der Waals surface area contributed by atoms with E-state index in [2.05, 4.69) is 19.9 Å². The molecule has 0 bridgehead atoms. The number of carbonyl (C=O) groups is 3. The summed E-state index contributed by atoms with van der Waals surface area (Å²) in [7, 11) is 0. The van der Waals surface area contributed by atoms with E-state index in [0.717, 1.165) is 24.7 Å². The lowest BCUT2D eigenvalue weighted by atomic mass is 10.1. The molecule has 0 spiro atoms. The summed E-state index contributed by atoms with van der Waals surface area (Å²) >= 11 is 0. The molecular formula is C14H22O6. The first kappa shape index (κ1) is 20.4. The summed E-state index contributed by atoms with van der Waals surface area (Å²) in [4.78, 5) is 29.4. The highest BCUT2D eigenvalue weighted by Gasteiger charge is 2.16. The fourth-order valence-electron chi connectivity index (χ4n) is 1.04. The van der Waals surface area contributed by atoms with Crippen LogP contribution in [0.2, 0.25) is 0 Å². The molecule has 0 fully saturated rings. The number of rotatable bonds is 7. The summed E-state index contributed by atoms with van der Waals surface area (Å²) in [6.45, 7) is 6.14. The maximum atomic E-state index is 10.0. The first-order chi connectivity index (χ1) is 9.20. The van der Waals surface area contributed by atoms with Gasteiger partial charge in [-0.2, -0.15) is 0 Å². The Morgan fingerprint density at radius 1 is 1.15 bits per heavy atom. The van der Waals surface area contributed by atoms with Crippen LogP contribution in [0.4, 0.5) is 0 Å². The van der Waals surface area contributed by atoms with Crippen molar-refractivity contribution in [3.05, 3.63) is 23.3 Å². The zero-order valence-corrected chi connectivity index (χ0v) is 12.0. The number of aliphatic hydroxyl groups excluding tert-OH is 1. The fourth-order valence-corrected chi connectivity index (χ4v) is 1.04. The van der Waals surface area contributed by atoms with Gasteiger partial charge in [0.1, 0.15) is 6.29 Å². The third-order valence-electron chi connectivity index (χ3n) is 2.10. The molecule has 0 radical (unpaired) electrons. The van der Waals surface area contributed by atoms with Gasteiger partial charge >= 0.3 is 11.9 Å². The molecule has 1 unspecified atom stereocenters. The average molecular weight is 286 g/mol. The molecule has 1 atom stereocenters. The normalized spacial score (nSPS) is 11.7. The molecule has 6 heteroatoms. The maximum absolute atomic E-state index is 10.0. The van der Waals surface area contributed by atoms with E-state index in [4.69, 9.17) is 15.3 Å². The van der Waals surface area contributed by atoms with Crippen LogP contribution in [-0.4, -0.2) is 39.6 Å². The van der Waals surface area contributed by atoms with Crippen LogP contribution in [0, 0.1) is 0 Å². The number of carbonyl (C=O) groups excluding carboxylic acids is 1. The number of carboxylic acids is 2. The van der Waals surface area contributed by atoms with Crippen molar-refractivity contribution >= 4 is 18.2 Å². The monoisotopic (exact) mass is 286 g/mol. The van der Waals surface area contributed by atoms with E-state index in [1.165, 1.54) is 5.57 Å². The molecule has 0 amide bonds. The van der Waals surface area contributed by atoms with Crippen molar-refractivity contribution in [3.63, 3.8) is 0 Å². The van der Waals surface area contributed by atoms with E-state index in [1.807, 2.05) is 6.92 Å². The summed E-state index contributed by atoms with van der Waals surface area (Å²) < 4.78 is 0. The second-order valence-corrected chi connectivity index (χ2v) is 4.42. The molecule has 0 rings (SSSR count). The second-order valence-electron chi connectivity index (χ2n) is 4.42. The molecule has 0 saturated heterocycles. The highest BCUT2D eigenvalue weighted by Crippen LogP contribution is 2.05. The fraction of sp³-hybridized carbons (Fsp3) is 0.500. The van der Waals surface area contributed by atoms with Gasteiger partial charge in [0.05, 0.1) is 6.42 Å². The van der Waals surface area contributed by atoms with Crippen LogP contribution in [0.5, 0.6) is 0 Å². The molecule has 0 aromatic heterocycles. The van der Waals surface area contributed by atoms with Gasteiger partial charge in [-0.3, -0.25) is 9.59 Å². The lowest BCUT2D eigenvalue weighted by Crippen LogP contribution is -2.22. The number of hydrogen-bond acceptors (Lipinski definition) is 4. The summed E-state index contributed by atoms with van der Waals surface area (Å²) in [5.41, 5.74) is 2.49. The lowest BCUT2D eigenvalue weighted by Gasteiger charge is -1.97. The van der Waals surface area contributed by atoms with Gasteiger partial charge in [0.2, 0.25) is 0 Å². The Hall–Kier alpha value is -1.95. The molecule has 0 aliphatic rings. The largest absolute Gasteiger partial charge is 0.481 e. The van der Waals surface area contributed by atoms with E-state index >= 15 is 0 Å². The predicted molar refractivity (Wildman–Crippen MR) is 74.4 cm³/mol. The minimum atomic E-state index is -1.79. The van der Waals surface area contributed by atoms with Crippen LogP contribution in [-0.2, 0) is 14.4 Å². The highest BCUT2D eigenvalue weighted by molar-refractivity contribution is 5.79. The molecule has 0 aliphatic heterocycles. The average Bonchev–Trinajstić information content (AvgIpc) is 2.28. The maximum Gasteiger partial charge on any atom is 0.333 e. The van der Waals surface area contributed by atoms with Crippen LogP contribution in [0.25, 0.3) is 0 Å². The third kappa shape index (κ3) is 16.1. The van der Waals surface area contributed by atoms with E-state index in [9.17, 15) is 14.4 Å². The van der Waals surface area contributed by atoms with Gasteiger partial charge in [-0.25, -0.2) is 4.79 Å². The molecule has 3 N–H and O–H groups in total. The van der Waals surface area contributed by atoms with E-state index in [-0.39, 0.29) is 0 Å². The van der Waals surface area contributed by atoms with Gasteiger partial charge in [-0.1, -0.05) is 17.2 Å². The Morgan fingerprint density at radius 2 is 1.70 bits per heavy atom. The highest BCUT2D eigenvalue weighted by atomic mass is 16.4. The molecule has 0 saturated carbocycles. The molecule has 0 aromatic rings. The Morgan fingerprint density at radius 3 is 2.00 bits per heavy atom. The summed E-state index contributed by atoms with van der Waals surface area (Å²) in [5.74, 6) is -2.85. The molecule has 6 nitrogen and oxygen atoms in total. The Kier molecular flexibility index (Phi) is 12.3. The topological polar surface area (TPSA) is 112 Å². The minimum Gasteiger partial charge on any atom is -0.481 e. The number of hydrogen-bond donors (Lipinski definition) is 3. The van der Waals surface area contributed by atoms with Gasteiger partial charge in [0.25, 0.3) is 0 Å². The van der Waals surface area contributed by atoms with Gasteiger partial charge in [-0.15, -0.1) is 0 Å². The van der Waals surface area contributed by atoms with Crippen molar-refractivity contribution < 1.29 is 29.7 Å². The van der Waals surface area contributed by atoms with Crippen LogP contribution < -0.4 is 0 Å². The first-order valence-corrected chi connectivity index (χ1v) is 6.07. The first-order valence-electron chi connectivity index (χ1n) is 6.07. The van der Waals surface area contributed by atoms with Crippen molar-refractivity contribution in [1.82, 2.24) is 0 Å². The summed E-state index contributed by atoms with van der Waals surface area (Å²) in [6.07, 6.45) is 4.14. The number of carboxylic acid groups (broad SMARTS) is 2. The molecule has 0 aromatic carbocycles. The van der Waals surface area contributed by atoms with E-state index < -0.39 is 24.5 Å². The van der Waals surface area contributed by atoms with Crippen LogP contribution in [0.3, 0.4) is 0 Å².